The van der Waals surface area contributed by atoms with Crippen molar-refractivity contribution in [3.8, 4) is 5.69 Å². The van der Waals surface area contributed by atoms with Crippen LogP contribution in [-0.2, 0) is 27.7 Å². The maximum Gasteiger partial charge on any atom is 0.416 e. The van der Waals surface area contributed by atoms with Gasteiger partial charge < -0.3 is 10.5 Å². The number of fused-ring (bicyclic) bond motifs is 3. The molecule has 2 aliphatic rings. The van der Waals surface area contributed by atoms with Gasteiger partial charge in [-0.15, -0.1) is 0 Å². The van der Waals surface area contributed by atoms with Crippen LogP contribution in [0.4, 0.5) is 13.2 Å². The van der Waals surface area contributed by atoms with E-state index >= 15 is 0 Å². The van der Waals surface area contributed by atoms with E-state index in [0.717, 1.165) is 30.4 Å². The molecule has 0 bridgehead atoms. The number of hydrogen-bond donors (Lipinski definition) is 1. The van der Waals surface area contributed by atoms with Gasteiger partial charge in [0, 0.05) is 59.4 Å². The zero-order chi connectivity index (χ0) is 27.6. The fourth-order valence-corrected chi connectivity index (χ4v) is 7.89. The van der Waals surface area contributed by atoms with E-state index in [9.17, 15) is 22.2 Å². The number of hydrogen-bond acceptors (Lipinski definition) is 5. The Morgan fingerprint density at radius 1 is 1.15 bits per heavy atom. The molecule has 206 valence electrons. The molecule has 1 atom stereocenters. The third kappa shape index (κ3) is 4.74. The number of benzene rings is 2. The van der Waals surface area contributed by atoms with Crippen molar-refractivity contribution in [2.75, 3.05) is 18.1 Å². The minimum Gasteiger partial charge on any atom is -0.375 e. The lowest BCUT2D eigenvalue weighted by Gasteiger charge is -2.43. The van der Waals surface area contributed by atoms with Crippen molar-refractivity contribution in [3.63, 3.8) is 0 Å². The van der Waals surface area contributed by atoms with Gasteiger partial charge in [0.05, 0.1) is 26.4 Å². The predicted octanol–water partition coefficient (Wildman–Crippen LogP) is 4.81. The second-order valence-electron chi connectivity index (χ2n) is 10.5. The Labute approximate surface area is 223 Å². The summed E-state index contributed by atoms with van der Waals surface area (Å²) in [4.78, 5) is 13.2. The lowest BCUT2D eigenvalue weighted by atomic mass is 9.86. The van der Waals surface area contributed by atoms with E-state index < -0.39 is 27.4 Å². The maximum absolute atomic E-state index is 13.5. The van der Waals surface area contributed by atoms with Gasteiger partial charge in [0.15, 0.2) is 5.65 Å². The monoisotopic (exact) mass is 559 g/mol. The number of alkyl halides is 3. The number of halogens is 3. The summed E-state index contributed by atoms with van der Waals surface area (Å²) in [6.07, 6.45) is 0.00656. The zero-order valence-corrected chi connectivity index (χ0v) is 22.1. The minimum absolute atomic E-state index is 0.0670. The van der Waals surface area contributed by atoms with E-state index in [-0.39, 0.29) is 28.7 Å². The number of ether oxygens (including phenoxy) is 1. The Bertz CT molecular complexity index is 1700. The maximum atomic E-state index is 13.5. The molecule has 0 aliphatic carbocycles. The number of aromatic nitrogens is 3. The summed E-state index contributed by atoms with van der Waals surface area (Å²) in [6.45, 7) is 0.591. The van der Waals surface area contributed by atoms with E-state index in [0.29, 0.717) is 41.7 Å². The quantitative estimate of drug-likeness (QED) is 0.380. The molecular weight excluding hydrogens is 531 g/mol. The SMILES string of the molecule is Cn1cc2c3cc(C(=O)N=S4(=O)CCC5(CC4)CC(N)CCO5)ccc3n(-c3ccc(C(F)(F)F)cc3)c2n1. The Hall–Kier alpha value is -3.22. The molecule has 2 saturated heterocycles. The smallest absolute Gasteiger partial charge is 0.375 e. The molecule has 1 spiro atoms. The Kier molecular flexibility index (Phi) is 6.12. The standard InChI is InChI=1S/C27H28F3N5O3S/c1-34-16-22-21-14-17(25(36)33-39(37)12-9-26(10-13-39)15-19(31)8-11-38-26)2-7-23(21)35(24(22)32-34)20-5-3-18(4-6-20)27(28,29)30/h2-7,14,16,19H,8-13,15,31H2,1H3. The third-order valence-corrected chi connectivity index (χ3v) is 9.96. The zero-order valence-electron chi connectivity index (χ0n) is 21.3. The van der Waals surface area contributed by atoms with Crippen LogP contribution in [-0.4, -0.2) is 54.2 Å². The van der Waals surface area contributed by atoms with Gasteiger partial charge in [-0.3, -0.25) is 14.0 Å². The van der Waals surface area contributed by atoms with Gasteiger partial charge >= 0.3 is 6.18 Å². The van der Waals surface area contributed by atoms with Crippen LogP contribution in [0, 0.1) is 0 Å². The highest BCUT2D eigenvalue weighted by atomic mass is 32.2. The summed E-state index contributed by atoms with van der Waals surface area (Å²) in [5.41, 5.74) is 7.04. The molecule has 1 amide bonds. The Balaban J connectivity index is 1.34. The Morgan fingerprint density at radius 2 is 1.87 bits per heavy atom. The van der Waals surface area contributed by atoms with Crippen molar-refractivity contribution in [2.24, 2.45) is 17.1 Å². The Morgan fingerprint density at radius 3 is 2.54 bits per heavy atom. The van der Waals surface area contributed by atoms with Gasteiger partial charge in [0.2, 0.25) is 0 Å². The summed E-state index contributed by atoms with van der Waals surface area (Å²) in [5, 5.41) is 5.93. The van der Waals surface area contributed by atoms with Crippen LogP contribution in [0.25, 0.3) is 27.6 Å². The van der Waals surface area contributed by atoms with Crippen molar-refractivity contribution >= 4 is 37.6 Å². The number of rotatable bonds is 2. The largest absolute Gasteiger partial charge is 0.416 e. The first-order chi connectivity index (χ1) is 18.5. The van der Waals surface area contributed by atoms with Crippen LogP contribution < -0.4 is 5.73 Å². The number of aryl methyl sites for hydroxylation is 1. The van der Waals surface area contributed by atoms with Crippen LogP contribution in [0.1, 0.15) is 41.6 Å². The lowest BCUT2D eigenvalue weighted by Crippen LogP contribution is -2.49. The molecule has 0 radical (unpaired) electrons. The highest BCUT2D eigenvalue weighted by Crippen LogP contribution is 2.37. The van der Waals surface area contributed by atoms with Crippen molar-refractivity contribution in [1.82, 2.24) is 14.3 Å². The van der Waals surface area contributed by atoms with Crippen LogP contribution in [0.3, 0.4) is 0 Å². The van der Waals surface area contributed by atoms with Crippen molar-refractivity contribution in [2.45, 2.75) is 43.5 Å². The van der Waals surface area contributed by atoms with Crippen molar-refractivity contribution < 1.29 is 26.9 Å². The van der Waals surface area contributed by atoms with Gasteiger partial charge in [0.1, 0.15) is 0 Å². The summed E-state index contributed by atoms with van der Waals surface area (Å²) < 4.78 is 66.4. The number of amides is 1. The van der Waals surface area contributed by atoms with Gasteiger partial charge in [0.25, 0.3) is 5.91 Å². The molecule has 2 aromatic carbocycles. The van der Waals surface area contributed by atoms with Crippen molar-refractivity contribution in [3.05, 3.63) is 59.8 Å². The van der Waals surface area contributed by atoms with Crippen LogP contribution in [0.5, 0.6) is 0 Å². The first-order valence-electron chi connectivity index (χ1n) is 12.8. The summed E-state index contributed by atoms with van der Waals surface area (Å²) in [6, 6.07) is 9.93. The summed E-state index contributed by atoms with van der Waals surface area (Å²) in [7, 11) is -0.988. The summed E-state index contributed by atoms with van der Waals surface area (Å²) >= 11 is 0. The number of nitrogens with zero attached hydrogens (tertiary/aromatic N) is 4. The van der Waals surface area contributed by atoms with E-state index in [1.165, 1.54) is 12.1 Å². The lowest BCUT2D eigenvalue weighted by molar-refractivity contribution is -0.137. The fraction of sp³-hybridized carbons (Fsp3) is 0.407. The molecule has 2 N–H and O–H groups in total. The molecule has 1 unspecified atom stereocenters. The summed E-state index contributed by atoms with van der Waals surface area (Å²) in [5.74, 6) is 0.00818. The second-order valence-corrected chi connectivity index (χ2v) is 13.1. The van der Waals surface area contributed by atoms with E-state index in [1.807, 2.05) is 0 Å². The molecule has 2 aliphatic heterocycles. The highest BCUT2D eigenvalue weighted by molar-refractivity contribution is 7.93. The average molecular weight is 560 g/mol. The van der Waals surface area contributed by atoms with Crippen LogP contribution in [0.15, 0.2) is 53.0 Å². The highest BCUT2D eigenvalue weighted by Gasteiger charge is 2.41. The number of carbonyl (C=O) groups excluding carboxylic acids is 1. The second kappa shape index (κ2) is 9.17. The molecule has 39 heavy (non-hydrogen) atoms. The van der Waals surface area contributed by atoms with E-state index in [1.54, 1.807) is 40.7 Å². The first kappa shape index (κ1) is 26.0. The molecular formula is C27H28F3N5O3S. The van der Waals surface area contributed by atoms with E-state index in [2.05, 4.69) is 9.46 Å². The number of nitrogens with two attached hydrogens (primary N) is 1. The molecule has 2 fully saturated rings. The molecule has 4 heterocycles. The molecule has 4 aromatic rings. The normalized spacial score (nSPS) is 25.9. The minimum atomic E-state index is -4.44. The fourth-order valence-electron chi connectivity index (χ4n) is 5.71. The van der Waals surface area contributed by atoms with Gasteiger partial charge in [-0.2, -0.15) is 22.6 Å². The molecule has 6 rings (SSSR count). The molecule has 2 aromatic heterocycles. The van der Waals surface area contributed by atoms with Gasteiger partial charge in [-0.25, -0.2) is 4.21 Å². The molecule has 8 nitrogen and oxygen atoms in total. The van der Waals surface area contributed by atoms with Gasteiger partial charge in [-0.1, -0.05) is 0 Å². The predicted molar refractivity (Wildman–Crippen MR) is 142 cm³/mol. The number of carbonyl (C=O) groups is 1. The average Bonchev–Trinajstić information content (AvgIpc) is 3.40. The van der Waals surface area contributed by atoms with Crippen LogP contribution in [0.2, 0.25) is 0 Å². The third-order valence-electron chi connectivity index (χ3n) is 7.78. The molecule has 0 saturated carbocycles. The van der Waals surface area contributed by atoms with Crippen molar-refractivity contribution in [1.29, 1.82) is 0 Å². The van der Waals surface area contributed by atoms with E-state index in [4.69, 9.17) is 10.5 Å². The van der Waals surface area contributed by atoms with Crippen LogP contribution >= 0.6 is 0 Å². The first-order valence-corrected chi connectivity index (χ1v) is 14.6. The molecule has 12 heteroatoms. The van der Waals surface area contributed by atoms with Gasteiger partial charge in [-0.05, 0) is 68.1 Å². The topological polar surface area (TPSA) is 105 Å².